The predicted molar refractivity (Wildman–Crippen MR) is 210 cm³/mol. The molecule has 0 fully saturated rings. The fourth-order valence-electron chi connectivity index (χ4n) is 8.59. The summed E-state index contributed by atoms with van der Waals surface area (Å²) in [5, 5.41) is 2.11. The number of hydrogen-bond donors (Lipinski definition) is 0. The number of hydrogen-bond acceptors (Lipinski definition) is 3. The molecule has 2 heterocycles. The second kappa shape index (κ2) is 10.7. The summed E-state index contributed by atoms with van der Waals surface area (Å²) in [6.07, 6.45) is 0. The first-order chi connectivity index (χ1) is 24.8. The molecule has 0 saturated carbocycles. The lowest BCUT2D eigenvalue weighted by Gasteiger charge is -2.36. The molecule has 0 saturated heterocycles. The molecule has 0 atom stereocenters. The van der Waals surface area contributed by atoms with Crippen LogP contribution in [0.25, 0.3) is 44.2 Å². The molecule has 10 rings (SSSR count). The molecule has 246 valence electrons. The van der Waals surface area contributed by atoms with Crippen LogP contribution in [0, 0.1) is 0 Å². The fraction of sp³-hybridized carbons (Fsp3) is 0.125. The summed E-state index contributed by atoms with van der Waals surface area (Å²) in [4.78, 5) is 2.40. The third-order valence-electron chi connectivity index (χ3n) is 11.3. The Hall–Kier alpha value is -6.06. The van der Waals surface area contributed by atoms with E-state index in [4.69, 9.17) is 9.15 Å². The van der Waals surface area contributed by atoms with Crippen LogP contribution in [0.15, 0.2) is 156 Å². The molecule has 0 amide bonds. The van der Waals surface area contributed by atoms with Crippen LogP contribution in [0.3, 0.4) is 0 Å². The van der Waals surface area contributed by atoms with E-state index in [1.807, 2.05) is 12.1 Å². The Morgan fingerprint density at radius 1 is 0.451 bits per heavy atom. The fourth-order valence-corrected chi connectivity index (χ4v) is 8.59. The van der Waals surface area contributed by atoms with Crippen molar-refractivity contribution >= 4 is 39.0 Å². The van der Waals surface area contributed by atoms with Crippen molar-refractivity contribution < 1.29 is 9.15 Å². The Balaban J connectivity index is 1.13. The van der Waals surface area contributed by atoms with Crippen molar-refractivity contribution in [1.29, 1.82) is 0 Å². The molecule has 7 aromatic carbocycles. The summed E-state index contributed by atoms with van der Waals surface area (Å²) < 4.78 is 13.1. The highest BCUT2D eigenvalue weighted by Crippen LogP contribution is 2.54. The second-order valence-corrected chi connectivity index (χ2v) is 15.0. The van der Waals surface area contributed by atoms with E-state index in [1.54, 1.807) is 0 Å². The zero-order valence-electron chi connectivity index (χ0n) is 29.2. The van der Waals surface area contributed by atoms with Crippen LogP contribution in [0.1, 0.15) is 49.9 Å². The second-order valence-electron chi connectivity index (χ2n) is 15.0. The van der Waals surface area contributed by atoms with Gasteiger partial charge in [-0.05, 0) is 88.0 Å². The van der Waals surface area contributed by atoms with Crippen LogP contribution in [-0.4, -0.2) is 0 Å². The third-order valence-corrected chi connectivity index (χ3v) is 11.3. The number of fused-ring (bicyclic) bond motifs is 9. The van der Waals surface area contributed by atoms with Crippen molar-refractivity contribution in [2.45, 2.75) is 38.5 Å². The lowest BCUT2D eigenvalue weighted by Crippen LogP contribution is -2.25. The number of benzene rings is 7. The van der Waals surface area contributed by atoms with E-state index in [0.717, 1.165) is 61.6 Å². The maximum Gasteiger partial charge on any atom is 0.143 e. The van der Waals surface area contributed by atoms with E-state index in [9.17, 15) is 0 Å². The van der Waals surface area contributed by atoms with E-state index >= 15 is 0 Å². The van der Waals surface area contributed by atoms with Crippen LogP contribution in [-0.2, 0) is 10.8 Å². The molecule has 3 nitrogen and oxygen atoms in total. The summed E-state index contributed by atoms with van der Waals surface area (Å²) in [7, 11) is 0. The van der Waals surface area contributed by atoms with Gasteiger partial charge in [0.05, 0.1) is 5.39 Å². The molecule has 0 bridgehead atoms. The zero-order valence-corrected chi connectivity index (χ0v) is 29.2. The molecular weight excluding hydrogens is 623 g/mol. The average molecular weight is 660 g/mol. The average Bonchev–Trinajstić information content (AvgIpc) is 3.65. The normalized spacial score (nSPS) is 14.7. The first kappa shape index (κ1) is 29.8. The van der Waals surface area contributed by atoms with Crippen molar-refractivity contribution in [2.75, 3.05) is 4.90 Å². The van der Waals surface area contributed by atoms with Crippen molar-refractivity contribution in [3.63, 3.8) is 0 Å². The van der Waals surface area contributed by atoms with Crippen molar-refractivity contribution in [1.82, 2.24) is 0 Å². The minimum atomic E-state index is -0.324. The van der Waals surface area contributed by atoms with E-state index in [0.29, 0.717) is 0 Å². The van der Waals surface area contributed by atoms with Gasteiger partial charge in [0, 0.05) is 44.4 Å². The van der Waals surface area contributed by atoms with Gasteiger partial charge in [0.25, 0.3) is 0 Å². The maximum absolute atomic E-state index is 6.85. The highest BCUT2D eigenvalue weighted by Gasteiger charge is 2.38. The summed E-state index contributed by atoms with van der Waals surface area (Å²) in [6.45, 7) is 9.30. The maximum atomic E-state index is 6.85. The van der Waals surface area contributed by atoms with Gasteiger partial charge in [-0.3, -0.25) is 0 Å². The summed E-state index contributed by atoms with van der Waals surface area (Å²) in [5.41, 5.74) is 14.7. The SMILES string of the molecule is CC1(C)c2ccccc2-c2ccc(N(c3ccc(-c4ccccc4)cc3)c3ccc4c(c3)C(C)(C)c3ccc5oc6ccccc6c5c3O4)cc21. The molecule has 51 heavy (non-hydrogen) atoms. The Morgan fingerprint density at radius 2 is 1.08 bits per heavy atom. The van der Waals surface area contributed by atoms with Crippen LogP contribution in [0.5, 0.6) is 11.5 Å². The molecule has 1 aliphatic carbocycles. The topological polar surface area (TPSA) is 25.6 Å². The molecular formula is C48H37NO2. The summed E-state index contributed by atoms with van der Waals surface area (Å²) in [5.74, 6) is 1.76. The monoisotopic (exact) mass is 659 g/mol. The first-order valence-corrected chi connectivity index (χ1v) is 17.8. The molecule has 1 aromatic heterocycles. The van der Waals surface area contributed by atoms with Crippen LogP contribution >= 0.6 is 0 Å². The molecule has 0 N–H and O–H groups in total. The number of para-hydroxylation sites is 1. The lowest BCUT2D eigenvalue weighted by atomic mass is 9.75. The molecule has 1 aliphatic heterocycles. The van der Waals surface area contributed by atoms with Gasteiger partial charge in [-0.2, -0.15) is 0 Å². The van der Waals surface area contributed by atoms with Crippen LogP contribution in [0.2, 0.25) is 0 Å². The van der Waals surface area contributed by atoms with E-state index in [-0.39, 0.29) is 10.8 Å². The van der Waals surface area contributed by atoms with Gasteiger partial charge in [-0.1, -0.05) is 125 Å². The number of nitrogens with zero attached hydrogens (tertiary/aromatic N) is 1. The van der Waals surface area contributed by atoms with Gasteiger partial charge in [-0.25, -0.2) is 0 Å². The van der Waals surface area contributed by atoms with Crippen molar-refractivity contribution in [3.05, 3.63) is 174 Å². The Bertz CT molecular complexity index is 2660. The van der Waals surface area contributed by atoms with Crippen LogP contribution in [0.4, 0.5) is 17.1 Å². The Labute approximate surface area is 298 Å². The number of rotatable bonds is 4. The van der Waals surface area contributed by atoms with Gasteiger partial charge in [0.15, 0.2) is 0 Å². The molecule has 0 spiro atoms. The summed E-state index contributed by atoms with van der Waals surface area (Å²) >= 11 is 0. The van der Waals surface area contributed by atoms with E-state index in [1.165, 1.54) is 33.4 Å². The van der Waals surface area contributed by atoms with E-state index < -0.39 is 0 Å². The molecule has 3 heteroatoms. The quantitative estimate of drug-likeness (QED) is 0.188. The number of ether oxygens (including phenoxy) is 1. The highest BCUT2D eigenvalue weighted by molar-refractivity contribution is 6.09. The first-order valence-electron chi connectivity index (χ1n) is 17.8. The Morgan fingerprint density at radius 3 is 1.90 bits per heavy atom. The highest BCUT2D eigenvalue weighted by atomic mass is 16.5. The molecule has 0 radical (unpaired) electrons. The predicted octanol–water partition coefficient (Wildman–Crippen LogP) is 13.5. The largest absolute Gasteiger partial charge is 0.456 e. The Kier molecular flexibility index (Phi) is 6.27. The third kappa shape index (κ3) is 4.37. The van der Waals surface area contributed by atoms with E-state index in [2.05, 4.69) is 172 Å². The minimum Gasteiger partial charge on any atom is -0.456 e. The van der Waals surface area contributed by atoms with Crippen LogP contribution < -0.4 is 9.64 Å². The smallest absolute Gasteiger partial charge is 0.143 e. The standard InChI is InChI=1S/C48H37NO2/c1-47(2)38-16-10-8-14-35(38)36-24-22-33(28-40(36)47)49(32-20-18-31(19-21-32)30-12-6-5-7-13-30)34-23-26-43-41(29-34)48(3,4)39-25-27-44-45(46(39)51-43)37-15-9-11-17-42(37)50-44/h5-29H,1-4H3. The van der Waals surface area contributed by atoms with Crippen molar-refractivity contribution in [3.8, 4) is 33.8 Å². The lowest BCUT2D eigenvalue weighted by molar-refractivity contribution is 0.423. The van der Waals surface area contributed by atoms with Gasteiger partial charge in [0.2, 0.25) is 0 Å². The zero-order chi connectivity index (χ0) is 34.5. The molecule has 8 aromatic rings. The number of anilines is 3. The van der Waals surface area contributed by atoms with Crippen molar-refractivity contribution in [2.24, 2.45) is 0 Å². The van der Waals surface area contributed by atoms with Gasteiger partial charge >= 0.3 is 0 Å². The molecule has 2 aliphatic rings. The van der Waals surface area contributed by atoms with Gasteiger partial charge in [-0.15, -0.1) is 0 Å². The number of furan rings is 1. The molecule has 0 unspecified atom stereocenters. The summed E-state index contributed by atoms with van der Waals surface area (Å²) in [6, 6.07) is 54.5. The van der Waals surface area contributed by atoms with Gasteiger partial charge in [0.1, 0.15) is 22.7 Å². The van der Waals surface area contributed by atoms with Gasteiger partial charge < -0.3 is 14.1 Å². The minimum absolute atomic E-state index is 0.108.